The van der Waals surface area contributed by atoms with E-state index < -0.39 is 0 Å². The summed E-state index contributed by atoms with van der Waals surface area (Å²) in [5.41, 5.74) is -0.00471. The van der Waals surface area contributed by atoms with E-state index >= 15 is 0 Å². The minimum Gasteiger partial charge on any atom is -0.395 e. The van der Waals surface area contributed by atoms with Gasteiger partial charge < -0.3 is 15.3 Å². The van der Waals surface area contributed by atoms with Crippen LogP contribution < -0.4 is 5.32 Å². The molecule has 0 bridgehead atoms. The van der Waals surface area contributed by atoms with Crippen LogP contribution in [0.5, 0.6) is 0 Å². The molecule has 0 heterocycles. The van der Waals surface area contributed by atoms with Crippen LogP contribution in [0.3, 0.4) is 0 Å². The third-order valence-electron chi connectivity index (χ3n) is 4.33. The number of aliphatic hydroxyl groups excluding tert-OH is 1. The molecule has 1 amide bonds. The second kappa shape index (κ2) is 8.54. The van der Waals surface area contributed by atoms with Gasteiger partial charge in [-0.3, -0.25) is 4.79 Å². The largest absolute Gasteiger partial charge is 0.395 e. The topological polar surface area (TPSA) is 52.6 Å². The van der Waals surface area contributed by atoms with Gasteiger partial charge in [-0.05, 0) is 26.3 Å². The van der Waals surface area contributed by atoms with E-state index in [0.29, 0.717) is 13.0 Å². The Labute approximate surface area is 117 Å². The van der Waals surface area contributed by atoms with E-state index in [0.717, 1.165) is 32.2 Å². The molecule has 0 aromatic heterocycles. The fourth-order valence-corrected chi connectivity index (χ4v) is 2.98. The summed E-state index contributed by atoms with van der Waals surface area (Å²) in [5, 5.41) is 12.5. The monoisotopic (exact) mass is 270 g/mol. The molecule has 1 aliphatic carbocycles. The Morgan fingerprint density at radius 3 is 2.47 bits per heavy atom. The molecule has 1 aliphatic rings. The van der Waals surface area contributed by atoms with Crippen molar-refractivity contribution >= 4 is 5.91 Å². The summed E-state index contributed by atoms with van der Waals surface area (Å²) in [6, 6.07) is 0. The number of nitrogens with zero attached hydrogens (tertiary/aromatic N) is 1. The van der Waals surface area contributed by atoms with E-state index in [9.17, 15) is 4.79 Å². The van der Waals surface area contributed by atoms with Gasteiger partial charge in [0.2, 0.25) is 5.91 Å². The first-order valence-electron chi connectivity index (χ1n) is 7.75. The lowest BCUT2D eigenvalue weighted by atomic mass is 9.79. The summed E-state index contributed by atoms with van der Waals surface area (Å²) < 4.78 is 0. The molecular weight excluding hydrogens is 240 g/mol. The van der Waals surface area contributed by atoms with E-state index in [2.05, 4.69) is 12.2 Å². The van der Waals surface area contributed by atoms with Gasteiger partial charge in [0.25, 0.3) is 0 Å². The molecule has 2 N–H and O–H groups in total. The van der Waals surface area contributed by atoms with Crippen molar-refractivity contribution in [3.8, 4) is 0 Å². The summed E-state index contributed by atoms with van der Waals surface area (Å²) in [5.74, 6) is 0.193. The third-order valence-corrected chi connectivity index (χ3v) is 4.33. The second-order valence-corrected chi connectivity index (χ2v) is 5.73. The molecule has 0 aromatic rings. The fraction of sp³-hybridized carbons (Fsp3) is 0.933. The van der Waals surface area contributed by atoms with Gasteiger partial charge in [-0.2, -0.15) is 0 Å². The molecule has 4 heteroatoms. The van der Waals surface area contributed by atoms with Gasteiger partial charge in [0, 0.05) is 25.0 Å². The average molecular weight is 270 g/mol. The van der Waals surface area contributed by atoms with Gasteiger partial charge in [0.15, 0.2) is 0 Å². The van der Waals surface area contributed by atoms with E-state index in [1.807, 2.05) is 11.9 Å². The molecule has 0 saturated heterocycles. The molecule has 1 saturated carbocycles. The van der Waals surface area contributed by atoms with Crippen molar-refractivity contribution in [2.45, 2.75) is 63.8 Å². The highest BCUT2D eigenvalue weighted by Crippen LogP contribution is 2.31. The van der Waals surface area contributed by atoms with E-state index in [1.165, 1.54) is 19.3 Å². The minimum absolute atomic E-state index is 0.00471. The Bertz CT molecular complexity index is 263. The molecule has 19 heavy (non-hydrogen) atoms. The van der Waals surface area contributed by atoms with Gasteiger partial charge in [-0.15, -0.1) is 0 Å². The first kappa shape index (κ1) is 16.4. The average Bonchev–Trinajstić information content (AvgIpc) is 2.44. The summed E-state index contributed by atoms with van der Waals surface area (Å²) in [6.07, 6.45) is 8.56. The van der Waals surface area contributed by atoms with E-state index in [1.54, 1.807) is 0 Å². The maximum atomic E-state index is 12.4. The van der Waals surface area contributed by atoms with Crippen LogP contribution in [0.1, 0.15) is 58.3 Å². The smallest absolute Gasteiger partial charge is 0.224 e. The number of carbonyl (C=O) groups is 1. The number of unbranched alkanes of at least 4 members (excludes halogenated alkanes) is 1. The zero-order chi connectivity index (χ0) is 14.1. The first-order valence-corrected chi connectivity index (χ1v) is 7.75. The highest BCUT2D eigenvalue weighted by molar-refractivity contribution is 5.77. The molecule has 0 aliphatic heterocycles. The number of rotatable bonds is 8. The molecule has 1 fully saturated rings. The summed E-state index contributed by atoms with van der Waals surface area (Å²) in [4.78, 5) is 14.3. The number of hydrogen-bond acceptors (Lipinski definition) is 3. The number of aliphatic hydroxyl groups is 1. The van der Waals surface area contributed by atoms with Crippen LogP contribution in [0, 0.1) is 0 Å². The Balaban J connectivity index is 2.57. The van der Waals surface area contributed by atoms with Crippen molar-refractivity contribution in [2.75, 3.05) is 26.7 Å². The molecule has 0 spiro atoms. The van der Waals surface area contributed by atoms with Crippen molar-refractivity contribution < 1.29 is 9.90 Å². The van der Waals surface area contributed by atoms with Crippen LogP contribution in [0.2, 0.25) is 0 Å². The van der Waals surface area contributed by atoms with Crippen molar-refractivity contribution in [3.05, 3.63) is 0 Å². The number of hydrogen-bond donors (Lipinski definition) is 2. The van der Waals surface area contributed by atoms with Crippen LogP contribution in [0.4, 0.5) is 0 Å². The predicted molar refractivity (Wildman–Crippen MR) is 78.1 cm³/mol. The van der Waals surface area contributed by atoms with Crippen molar-refractivity contribution in [1.82, 2.24) is 10.2 Å². The lowest BCUT2D eigenvalue weighted by Gasteiger charge is -2.38. The lowest BCUT2D eigenvalue weighted by molar-refractivity contribution is -0.133. The third kappa shape index (κ3) is 5.11. The summed E-state index contributed by atoms with van der Waals surface area (Å²) in [7, 11) is 1.97. The highest BCUT2D eigenvalue weighted by Gasteiger charge is 2.33. The van der Waals surface area contributed by atoms with E-state index in [-0.39, 0.29) is 18.1 Å². The predicted octanol–water partition coefficient (Wildman–Crippen LogP) is 1.92. The zero-order valence-corrected chi connectivity index (χ0v) is 12.6. The van der Waals surface area contributed by atoms with Gasteiger partial charge in [-0.1, -0.05) is 32.6 Å². The zero-order valence-electron chi connectivity index (χ0n) is 12.6. The van der Waals surface area contributed by atoms with E-state index in [4.69, 9.17) is 5.11 Å². The molecular formula is C15H30N2O2. The van der Waals surface area contributed by atoms with Gasteiger partial charge in [0.1, 0.15) is 0 Å². The maximum absolute atomic E-state index is 12.4. The number of carbonyl (C=O) groups excluding carboxylic acids is 1. The van der Waals surface area contributed by atoms with Crippen LogP contribution >= 0.6 is 0 Å². The Hall–Kier alpha value is -0.610. The SMILES string of the molecule is CCCCN(CCO)C(=O)CC1(NC)CCCCC1. The molecule has 112 valence electrons. The molecule has 0 unspecified atom stereocenters. The highest BCUT2D eigenvalue weighted by atomic mass is 16.3. The Morgan fingerprint density at radius 2 is 1.95 bits per heavy atom. The van der Waals surface area contributed by atoms with Crippen LogP contribution in [-0.2, 0) is 4.79 Å². The number of nitrogens with one attached hydrogen (secondary N) is 1. The molecule has 0 atom stereocenters. The minimum atomic E-state index is -0.00471. The molecule has 0 radical (unpaired) electrons. The van der Waals surface area contributed by atoms with Crippen LogP contribution in [0.25, 0.3) is 0 Å². The van der Waals surface area contributed by atoms with Crippen molar-refractivity contribution in [1.29, 1.82) is 0 Å². The maximum Gasteiger partial charge on any atom is 0.224 e. The summed E-state index contributed by atoms with van der Waals surface area (Å²) in [6.45, 7) is 3.42. The summed E-state index contributed by atoms with van der Waals surface area (Å²) >= 11 is 0. The molecule has 4 nitrogen and oxygen atoms in total. The second-order valence-electron chi connectivity index (χ2n) is 5.73. The van der Waals surface area contributed by atoms with Gasteiger partial charge >= 0.3 is 0 Å². The molecule has 0 aromatic carbocycles. The normalized spacial score (nSPS) is 18.3. The van der Waals surface area contributed by atoms with Crippen molar-refractivity contribution in [2.24, 2.45) is 0 Å². The van der Waals surface area contributed by atoms with Crippen molar-refractivity contribution in [3.63, 3.8) is 0 Å². The Kier molecular flexibility index (Phi) is 7.39. The van der Waals surface area contributed by atoms with Gasteiger partial charge in [-0.25, -0.2) is 0 Å². The number of amides is 1. The fourth-order valence-electron chi connectivity index (χ4n) is 2.98. The quantitative estimate of drug-likeness (QED) is 0.708. The molecule has 1 rings (SSSR count). The van der Waals surface area contributed by atoms with Crippen LogP contribution in [-0.4, -0.2) is 48.2 Å². The lowest BCUT2D eigenvalue weighted by Crippen LogP contribution is -2.49. The standard InChI is InChI=1S/C15H30N2O2/c1-3-4-10-17(11-12-18)14(19)13-15(16-2)8-6-5-7-9-15/h16,18H,3-13H2,1-2H3. The first-order chi connectivity index (χ1) is 9.17. The Morgan fingerprint density at radius 1 is 1.26 bits per heavy atom. The van der Waals surface area contributed by atoms with Gasteiger partial charge in [0.05, 0.1) is 6.61 Å². The van der Waals surface area contributed by atoms with Crippen LogP contribution in [0.15, 0.2) is 0 Å².